The lowest BCUT2D eigenvalue weighted by Gasteiger charge is -2.08. The highest BCUT2D eigenvalue weighted by molar-refractivity contribution is 5.69. The van der Waals surface area contributed by atoms with Gasteiger partial charge < -0.3 is 47.4 Å². The molecule has 0 unspecified atom stereocenters. The lowest BCUT2D eigenvalue weighted by molar-refractivity contribution is -0.141. The number of carbonyl (C=O) groups excluding carboxylic acids is 1. The molecule has 0 rings (SSSR count). The first-order chi connectivity index (χ1) is 16.8. The van der Waals surface area contributed by atoms with E-state index in [0.29, 0.717) is 112 Å². The van der Waals surface area contributed by atoms with Gasteiger partial charge in [0.05, 0.1) is 132 Å². The number of alkyl halides is 1. The van der Waals surface area contributed by atoms with Crippen LogP contribution in [0.1, 0.15) is 6.42 Å². The molecule has 0 saturated carbocycles. The van der Waals surface area contributed by atoms with Gasteiger partial charge in [0.2, 0.25) is 0 Å². The summed E-state index contributed by atoms with van der Waals surface area (Å²) >= 11 is 0. The van der Waals surface area contributed by atoms with Crippen molar-refractivity contribution in [1.82, 2.24) is 0 Å². The molecule has 0 N–H and O–H groups in total. The van der Waals surface area contributed by atoms with Crippen LogP contribution in [0.2, 0.25) is 0 Å². The molecular weight excluding hydrogens is 459 g/mol. The zero-order valence-electron chi connectivity index (χ0n) is 20.5. The zero-order valence-corrected chi connectivity index (χ0v) is 20.5. The largest absolute Gasteiger partial charge is 0.469 e. The summed E-state index contributed by atoms with van der Waals surface area (Å²) in [5, 5.41) is 0. The number of halogens is 1. The maximum Gasteiger partial charge on any atom is 0.307 e. The van der Waals surface area contributed by atoms with Gasteiger partial charge in [0, 0.05) is 0 Å². The predicted octanol–water partition coefficient (Wildman–Crippen LogP) is 0.668. The maximum absolute atomic E-state index is 11.8. The van der Waals surface area contributed by atoms with E-state index in [1.54, 1.807) is 0 Å². The van der Waals surface area contributed by atoms with Crippen molar-refractivity contribution in [2.75, 3.05) is 133 Å². The third kappa shape index (κ3) is 29.1. The molecule has 0 aliphatic heterocycles. The Kier molecular flexibility index (Phi) is 29.2. The van der Waals surface area contributed by atoms with Crippen molar-refractivity contribution in [2.45, 2.75) is 6.42 Å². The van der Waals surface area contributed by atoms with Crippen LogP contribution in [0.3, 0.4) is 0 Å². The van der Waals surface area contributed by atoms with Gasteiger partial charge in [-0.15, -0.1) is 0 Å². The molecule has 12 heteroatoms. The third-order valence-electron chi connectivity index (χ3n) is 3.88. The summed E-state index contributed by atoms with van der Waals surface area (Å²) in [5.74, 6) is -0.287. The summed E-state index contributed by atoms with van der Waals surface area (Å²) in [7, 11) is 1.35. The molecule has 0 amide bonds. The lowest BCUT2D eigenvalue weighted by Crippen LogP contribution is -2.15. The van der Waals surface area contributed by atoms with E-state index < -0.39 is 6.67 Å². The SMILES string of the molecule is COC(=O)CCOCCOCCOCCOCCOCCOCCOCCOCCOCCF. The van der Waals surface area contributed by atoms with Crippen molar-refractivity contribution in [3.05, 3.63) is 0 Å². The number of rotatable bonds is 29. The van der Waals surface area contributed by atoms with Gasteiger partial charge in [-0.1, -0.05) is 0 Å². The highest BCUT2D eigenvalue weighted by Gasteiger charge is 1.99. The predicted molar refractivity (Wildman–Crippen MR) is 120 cm³/mol. The van der Waals surface area contributed by atoms with Gasteiger partial charge in [-0.3, -0.25) is 4.79 Å². The molecule has 0 fully saturated rings. The summed E-state index contributed by atoms with van der Waals surface area (Å²) in [6.45, 7) is 7.48. The molecule has 0 radical (unpaired) electrons. The average Bonchev–Trinajstić information content (AvgIpc) is 2.85. The minimum Gasteiger partial charge on any atom is -0.469 e. The summed E-state index contributed by atoms with van der Waals surface area (Å²) in [6, 6.07) is 0. The van der Waals surface area contributed by atoms with Crippen LogP contribution >= 0.6 is 0 Å². The summed E-state index contributed by atoms with van der Waals surface area (Å²) in [6.07, 6.45) is 0.244. The van der Waals surface area contributed by atoms with Gasteiger partial charge in [0.25, 0.3) is 0 Å². The molecule has 34 heavy (non-hydrogen) atoms. The highest BCUT2D eigenvalue weighted by atomic mass is 19.1. The van der Waals surface area contributed by atoms with Crippen LogP contribution in [-0.4, -0.2) is 139 Å². The van der Waals surface area contributed by atoms with E-state index in [0.717, 1.165) is 0 Å². The zero-order chi connectivity index (χ0) is 24.8. The average molecular weight is 503 g/mol. The van der Waals surface area contributed by atoms with Crippen molar-refractivity contribution in [3.63, 3.8) is 0 Å². The van der Waals surface area contributed by atoms with Gasteiger partial charge in [0.1, 0.15) is 6.67 Å². The van der Waals surface area contributed by atoms with Crippen LogP contribution in [0.25, 0.3) is 0 Å². The first-order valence-electron chi connectivity index (χ1n) is 11.6. The van der Waals surface area contributed by atoms with Gasteiger partial charge in [-0.25, -0.2) is 4.39 Å². The number of carbonyl (C=O) groups is 1. The van der Waals surface area contributed by atoms with E-state index in [-0.39, 0.29) is 19.0 Å². The Bertz CT molecular complexity index is 405. The summed E-state index contributed by atoms with van der Waals surface area (Å²) in [5.41, 5.74) is 0. The molecule has 0 bridgehead atoms. The van der Waals surface area contributed by atoms with Crippen LogP contribution in [0.5, 0.6) is 0 Å². The first-order valence-corrected chi connectivity index (χ1v) is 11.6. The van der Waals surface area contributed by atoms with Gasteiger partial charge >= 0.3 is 5.97 Å². The second kappa shape index (κ2) is 30.1. The monoisotopic (exact) mass is 502 g/mol. The van der Waals surface area contributed by atoms with E-state index in [2.05, 4.69) is 4.74 Å². The molecule has 0 aromatic heterocycles. The molecule has 0 heterocycles. The second-order valence-electron chi connectivity index (χ2n) is 6.53. The Balaban J connectivity index is 3.02. The van der Waals surface area contributed by atoms with Crippen LogP contribution < -0.4 is 0 Å². The molecule has 0 aromatic carbocycles. The van der Waals surface area contributed by atoms with E-state index in [9.17, 15) is 9.18 Å². The number of hydrogen-bond acceptors (Lipinski definition) is 11. The molecule has 0 aliphatic carbocycles. The Hall–Kier alpha value is -0.960. The minimum absolute atomic E-state index is 0.112. The van der Waals surface area contributed by atoms with E-state index in [1.807, 2.05) is 0 Å². The van der Waals surface area contributed by atoms with Crippen LogP contribution in [0, 0.1) is 0 Å². The maximum atomic E-state index is 11.8. The highest BCUT2D eigenvalue weighted by Crippen LogP contribution is 1.88. The van der Waals surface area contributed by atoms with Gasteiger partial charge in [-0.05, 0) is 0 Å². The second-order valence-corrected chi connectivity index (χ2v) is 6.53. The van der Waals surface area contributed by atoms with Crippen molar-refractivity contribution in [3.8, 4) is 0 Å². The summed E-state index contributed by atoms with van der Waals surface area (Å²) in [4.78, 5) is 10.9. The van der Waals surface area contributed by atoms with Crippen molar-refractivity contribution >= 4 is 5.97 Å². The minimum atomic E-state index is -0.476. The Morgan fingerprint density at radius 2 is 0.676 bits per heavy atom. The fraction of sp³-hybridized carbons (Fsp3) is 0.955. The molecule has 11 nitrogen and oxygen atoms in total. The quantitative estimate of drug-likeness (QED) is 0.106. The van der Waals surface area contributed by atoms with Gasteiger partial charge in [-0.2, -0.15) is 0 Å². The normalized spacial score (nSPS) is 11.2. The van der Waals surface area contributed by atoms with E-state index >= 15 is 0 Å². The van der Waals surface area contributed by atoms with E-state index in [4.69, 9.17) is 42.6 Å². The number of esters is 1. The van der Waals surface area contributed by atoms with Gasteiger partial charge in [0.15, 0.2) is 0 Å². The standard InChI is InChI=1S/C22H43FO11/c1-25-22(24)2-4-26-6-8-28-10-12-30-14-16-32-18-20-34-21-19-33-17-15-31-13-11-29-9-7-27-5-3-23/h2-21H2,1H3. The van der Waals surface area contributed by atoms with Crippen LogP contribution in [-0.2, 0) is 52.2 Å². The Labute approximate surface area is 202 Å². The molecule has 0 atom stereocenters. The molecular formula is C22H43FO11. The fourth-order valence-electron chi connectivity index (χ4n) is 2.17. The number of ether oxygens (including phenoxy) is 10. The molecule has 0 saturated heterocycles. The molecule has 0 spiro atoms. The third-order valence-corrected chi connectivity index (χ3v) is 3.88. The number of hydrogen-bond donors (Lipinski definition) is 0. The first kappa shape index (κ1) is 33.0. The Morgan fingerprint density at radius 1 is 0.441 bits per heavy atom. The molecule has 0 aliphatic rings. The molecule has 0 aromatic rings. The molecule has 204 valence electrons. The lowest BCUT2D eigenvalue weighted by atomic mass is 10.5. The van der Waals surface area contributed by atoms with Crippen molar-refractivity contribution < 1.29 is 56.6 Å². The van der Waals surface area contributed by atoms with Crippen LogP contribution in [0.4, 0.5) is 4.39 Å². The Morgan fingerprint density at radius 3 is 0.912 bits per heavy atom. The van der Waals surface area contributed by atoms with Crippen LogP contribution in [0.15, 0.2) is 0 Å². The summed E-state index contributed by atoms with van der Waals surface area (Å²) < 4.78 is 64.0. The van der Waals surface area contributed by atoms with Crippen molar-refractivity contribution in [1.29, 1.82) is 0 Å². The van der Waals surface area contributed by atoms with E-state index in [1.165, 1.54) is 7.11 Å². The topological polar surface area (TPSA) is 109 Å². The smallest absolute Gasteiger partial charge is 0.307 e. The number of methoxy groups -OCH3 is 1. The van der Waals surface area contributed by atoms with Crippen molar-refractivity contribution in [2.24, 2.45) is 0 Å². The fourth-order valence-corrected chi connectivity index (χ4v) is 2.17.